The quantitative estimate of drug-likeness (QED) is 0.435. The summed E-state index contributed by atoms with van der Waals surface area (Å²) in [5, 5.41) is 0. The second-order valence-electron chi connectivity index (χ2n) is 6.82. The van der Waals surface area contributed by atoms with Gasteiger partial charge in [0.1, 0.15) is 0 Å². The van der Waals surface area contributed by atoms with E-state index in [0.29, 0.717) is 5.70 Å². The van der Waals surface area contributed by atoms with Crippen LogP contribution in [0.25, 0.3) is 5.57 Å². The Morgan fingerprint density at radius 3 is 2.41 bits per heavy atom. The largest absolute Gasteiger partial charge is 0.398 e. The molecule has 0 radical (unpaired) electrons. The van der Waals surface area contributed by atoms with Crippen LogP contribution in [0.4, 0.5) is 0 Å². The third-order valence-corrected chi connectivity index (χ3v) is 4.59. The fraction of sp³-hybridized carbons (Fsp3) is 0.231. The zero-order valence-corrected chi connectivity index (χ0v) is 17.7. The van der Waals surface area contributed by atoms with E-state index in [-0.39, 0.29) is 0 Å². The first kappa shape index (κ1) is 22.1. The maximum atomic E-state index is 6.33. The molecule has 0 aliphatic rings. The van der Waals surface area contributed by atoms with E-state index in [1.54, 1.807) is 0 Å². The summed E-state index contributed by atoms with van der Waals surface area (Å²) in [6.45, 7) is 6.98. The maximum absolute atomic E-state index is 6.33. The summed E-state index contributed by atoms with van der Waals surface area (Å²) in [6.07, 6.45) is 17.3. The molecule has 1 aromatic carbocycles. The van der Waals surface area contributed by atoms with Crippen molar-refractivity contribution in [2.45, 2.75) is 33.6 Å². The molecule has 0 saturated heterocycles. The summed E-state index contributed by atoms with van der Waals surface area (Å²) in [7, 11) is 0. The Morgan fingerprint density at radius 1 is 1.03 bits per heavy atom. The number of aliphatic imine (C=N–C) groups is 1. The van der Waals surface area contributed by atoms with Crippen molar-refractivity contribution in [2.75, 3.05) is 6.54 Å². The van der Waals surface area contributed by atoms with Gasteiger partial charge in [-0.3, -0.25) is 9.98 Å². The van der Waals surface area contributed by atoms with Crippen LogP contribution in [0.2, 0.25) is 0 Å². The first-order valence-electron chi connectivity index (χ1n) is 10.1. The summed E-state index contributed by atoms with van der Waals surface area (Å²) >= 11 is 0. The Kier molecular flexibility index (Phi) is 9.37. The van der Waals surface area contributed by atoms with E-state index in [1.165, 1.54) is 22.3 Å². The Morgan fingerprint density at radius 2 is 1.76 bits per heavy atom. The van der Waals surface area contributed by atoms with Crippen molar-refractivity contribution in [2.24, 2.45) is 10.7 Å². The molecule has 0 saturated carbocycles. The Bertz CT molecular complexity index is 899. The molecule has 0 atom stereocenters. The molecular formula is C26H31N3. The number of aromatic nitrogens is 1. The van der Waals surface area contributed by atoms with Crippen LogP contribution in [0.1, 0.15) is 37.0 Å². The zero-order chi connectivity index (χ0) is 20.9. The smallest absolute Gasteiger partial charge is 0.0429 e. The van der Waals surface area contributed by atoms with Gasteiger partial charge in [0.05, 0.1) is 0 Å². The molecule has 3 heteroatoms. The van der Waals surface area contributed by atoms with E-state index in [2.05, 4.69) is 54.2 Å². The van der Waals surface area contributed by atoms with Gasteiger partial charge in [0.2, 0.25) is 0 Å². The van der Waals surface area contributed by atoms with Gasteiger partial charge >= 0.3 is 0 Å². The molecule has 0 amide bonds. The molecule has 2 aromatic rings. The van der Waals surface area contributed by atoms with Crippen LogP contribution < -0.4 is 5.73 Å². The van der Waals surface area contributed by atoms with Crippen LogP contribution in [0, 0.1) is 6.92 Å². The van der Waals surface area contributed by atoms with Gasteiger partial charge in [-0.25, -0.2) is 0 Å². The lowest BCUT2D eigenvalue weighted by Gasteiger charge is -2.05. The van der Waals surface area contributed by atoms with E-state index >= 15 is 0 Å². The monoisotopic (exact) mass is 385 g/mol. The molecule has 0 spiro atoms. The average Bonchev–Trinajstić information content (AvgIpc) is 2.75. The van der Waals surface area contributed by atoms with E-state index in [4.69, 9.17) is 5.73 Å². The summed E-state index contributed by atoms with van der Waals surface area (Å²) in [5.74, 6) is 0. The normalized spacial score (nSPS) is 13.6. The minimum atomic E-state index is 0.716. The summed E-state index contributed by atoms with van der Waals surface area (Å²) < 4.78 is 0. The zero-order valence-electron chi connectivity index (χ0n) is 17.7. The van der Waals surface area contributed by atoms with Crippen molar-refractivity contribution in [3.8, 4) is 0 Å². The Balaban J connectivity index is 2.05. The molecule has 150 valence electrons. The van der Waals surface area contributed by atoms with Gasteiger partial charge in [-0.05, 0) is 73.2 Å². The molecule has 0 aliphatic heterocycles. The minimum Gasteiger partial charge on any atom is -0.398 e. The van der Waals surface area contributed by atoms with Crippen LogP contribution in [0.3, 0.4) is 0 Å². The molecule has 1 aromatic heterocycles. The van der Waals surface area contributed by atoms with E-state index in [0.717, 1.165) is 25.0 Å². The van der Waals surface area contributed by atoms with Crippen molar-refractivity contribution in [3.63, 3.8) is 0 Å². The van der Waals surface area contributed by atoms with E-state index in [9.17, 15) is 0 Å². The number of allylic oxidation sites excluding steroid dienone is 6. The van der Waals surface area contributed by atoms with Gasteiger partial charge in [0.15, 0.2) is 0 Å². The number of nitrogens with zero attached hydrogens (tertiary/aromatic N) is 2. The summed E-state index contributed by atoms with van der Waals surface area (Å²) in [5.41, 5.74) is 13.0. The molecule has 2 N–H and O–H groups in total. The lowest BCUT2D eigenvalue weighted by atomic mass is 10.0. The van der Waals surface area contributed by atoms with Gasteiger partial charge in [-0.2, -0.15) is 0 Å². The number of hydrogen-bond acceptors (Lipinski definition) is 3. The van der Waals surface area contributed by atoms with Crippen LogP contribution in [0.15, 0.2) is 95.4 Å². The maximum Gasteiger partial charge on any atom is 0.0429 e. The molecule has 0 fully saturated rings. The van der Waals surface area contributed by atoms with Gasteiger partial charge in [0, 0.05) is 30.9 Å². The molecule has 0 aliphatic carbocycles. The molecule has 2 rings (SSSR count). The summed E-state index contributed by atoms with van der Waals surface area (Å²) in [6, 6.07) is 12.6. The molecule has 1 heterocycles. The highest BCUT2D eigenvalue weighted by Gasteiger charge is 1.99. The fourth-order valence-corrected chi connectivity index (χ4v) is 2.85. The van der Waals surface area contributed by atoms with Crippen LogP contribution in [-0.2, 0) is 6.42 Å². The lowest BCUT2D eigenvalue weighted by Crippen LogP contribution is -2.00. The van der Waals surface area contributed by atoms with Crippen molar-refractivity contribution in [3.05, 3.63) is 107 Å². The highest BCUT2D eigenvalue weighted by atomic mass is 14.7. The highest BCUT2D eigenvalue weighted by Crippen LogP contribution is 2.18. The number of aryl methyl sites for hydroxylation is 1. The number of hydrogen-bond donors (Lipinski definition) is 1. The molecule has 3 nitrogen and oxygen atoms in total. The average molecular weight is 386 g/mol. The van der Waals surface area contributed by atoms with E-state index in [1.807, 2.05) is 62.0 Å². The Hall–Kier alpha value is -3.20. The van der Waals surface area contributed by atoms with Gasteiger partial charge in [-0.1, -0.05) is 55.0 Å². The van der Waals surface area contributed by atoms with Crippen molar-refractivity contribution in [1.82, 2.24) is 4.98 Å². The second-order valence-corrected chi connectivity index (χ2v) is 6.82. The van der Waals surface area contributed by atoms with Crippen molar-refractivity contribution in [1.29, 1.82) is 0 Å². The predicted molar refractivity (Wildman–Crippen MR) is 126 cm³/mol. The molecule has 0 unspecified atom stereocenters. The molecular weight excluding hydrogens is 354 g/mol. The third-order valence-electron chi connectivity index (χ3n) is 4.59. The number of nitrogens with two attached hydrogens (primary N) is 1. The number of rotatable bonds is 9. The fourth-order valence-electron chi connectivity index (χ4n) is 2.85. The predicted octanol–water partition coefficient (Wildman–Crippen LogP) is 5.84. The van der Waals surface area contributed by atoms with Gasteiger partial charge in [-0.15, -0.1) is 0 Å². The highest BCUT2D eigenvalue weighted by molar-refractivity contribution is 5.75. The number of benzene rings is 1. The van der Waals surface area contributed by atoms with Crippen molar-refractivity contribution < 1.29 is 0 Å². The topological polar surface area (TPSA) is 51.3 Å². The third kappa shape index (κ3) is 7.74. The first-order chi connectivity index (χ1) is 14.1. The SMILES string of the molecule is C\C=C/C(=C\C=NCCc1ccc(C)cc1)C(/N)=C/C=C(\CC)c1ccncc1. The van der Waals surface area contributed by atoms with E-state index < -0.39 is 0 Å². The van der Waals surface area contributed by atoms with Crippen LogP contribution in [0.5, 0.6) is 0 Å². The standard InChI is InChI=1S/C26H31N3/c1-4-6-25(16-20-28-17-13-22-9-7-21(3)8-10-22)26(27)12-11-23(5-2)24-14-18-29-19-15-24/h4,6-12,14-16,18-20H,5,13,17,27H2,1-3H3/b6-4-,23-11+,25-16+,26-12-,28-20?. The summed E-state index contributed by atoms with van der Waals surface area (Å²) in [4.78, 5) is 8.59. The van der Waals surface area contributed by atoms with Gasteiger partial charge in [0.25, 0.3) is 0 Å². The molecule has 29 heavy (non-hydrogen) atoms. The van der Waals surface area contributed by atoms with Crippen LogP contribution in [-0.4, -0.2) is 17.7 Å². The van der Waals surface area contributed by atoms with Gasteiger partial charge < -0.3 is 5.73 Å². The first-order valence-corrected chi connectivity index (χ1v) is 10.1. The van der Waals surface area contributed by atoms with Crippen LogP contribution >= 0.6 is 0 Å². The number of pyridine rings is 1. The minimum absolute atomic E-state index is 0.716. The second kappa shape index (κ2) is 12.3. The molecule has 0 bridgehead atoms. The lowest BCUT2D eigenvalue weighted by molar-refractivity contribution is 0.973. The Labute approximate surface area is 175 Å². The van der Waals surface area contributed by atoms with Crippen molar-refractivity contribution >= 4 is 11.8 Å².